The maximum absolute atomic E-state index is 11.1. The zero-order valence-electron chi connectivity index (χ0n) is 9.22. The van der Waals surface area contributed by atoms with Crippen LogP contribution in [0.15, 0.2) is 0 Å². The zero-order chi connectivity index (χ0) is 10.5. The van der Waals surface area contributed by atoms with Crippen LogP contribution < -0.4 is 0 Å². The van der Waals surface area contributed by atoms with Crippen molar-refractivity contribution in [1.29, 1.82) is 0 Å². The van der Waals surface area contributed by atoms with Gasteiger partial charge in [-0.3, -0.25) is 4.79 Å². The summed E-state index contributed by atoms with van der Waals surface area (Å²) in [4.78, 5) is 11.1. The van der Waals surface area contributed by atoms with E-state index in [4.69, 9.17) is 4.74 Å². The van der Waals surface area contributed by atoms with Crippen molar-refractivity contribution in [1.82, 2.24) is 0 Å². The molecule has 0 radical (unpaired) electrons. The van der Waals surface area contributed by atoms with E-state index in [1.807, 2.05) is 18.7 Å². The second-order valence-electron chi connectivity index (χ2n) is 4.05. The predicted octanol–water partition coefficient (Wildman–Crippen LogP) is 2.86. The van der Waals surface area contributed by atoms with Gasteiger partial charge < -0.3 is 4.74 Å². The minimum atomic E-state index is -0.0910. The van der Waals surface area contributed by atoms with Gasteiger partial charge in [0, 0.05) is 10.00 Å². The van der Waals surface area contributed by atoms with Gasteiger partial charge in [0.05, 0.1) is 13.0 Å². The molecule has 2 nitrogen and oxygen atoms in total. The third kappa shape index (κ3) is 8.16. The molecule has 0 fully saturated rings. The maximum Gasteiger partial charge on any atom is 0.306 e. The molecule has 0 aromatic rings. The lowest BCUT2D eigenvalue weighted by molar-refractivity contribution is -0.142. The van der Waals surface area contributed by atoms with Crippen molar-refractivity contribution in [2.75, 3.05) is 6.61 Å². The van der Waals surface area contributed by atoms with Crippen LogP contribution in [0.1, 0.15) is 41.0 Å². The Labute approximate surface area is 85.4 Å². The minimum Gasteiger partial charge on any atom is -0.466 e. The molecular weight excluding hydrogens is 184 g/mol. The fraction of sp³-hybridized carbons (Fsp3) is 0.900. The van der Waals surface area contributed by atoms with Gasteiger partial charge in [0.15, 0.2) is 0 Å². The highest BCUT2D eigenvalue weighted by Crippen LogP contribution is 2.29. The lowest BCUT2D eigenvalue weighted by atomic mass is 10.3. The zero-order valence-corrected chi connectivity index (χ0v) is 10.0. The van der Waals surface area contributed by atoms with Gasteiger partial charge >= 0.3 is 5.97 Å². The molecule has 0 aliphatic heterocycles. The molecule has 0 aromatic carbocycles. The molecule has 0 saturated heterocycles. The number of thioether (sulfide) groups is 1. The van der Waals surface area contributed by atoms with Crippen molar-refractivity contribution in [3.8, 4) is 0 Å². The van der Waals surface area contributed by atoms with Crippen LogP contribution in [0.5, 0.6) is 0 Å². The van der Waals surface area contributed by atoms with E-state index in [-0.39, 0.29) is 10.7 Å². The number of esters is 1. The van der Waals surface area contributed by atoms with Crippen molar-refractivity contribution in [3.05, 3.63) is 0 Å². The first-order chi connectivity index (χ1) is 5.85. The first-order valence-corrected chi connectivity index (χ1v) is 5.56. The predicted molar refractivity (Wildman–Crippen MR) is 58.1 cm³/mol. The van der Waals surface area contributed by atoms with Gasteiger partial charge in [-0.1, -0.05) is 27.7 Å². The van der Waals surface area contributed by atoms with Crippen molar-refractivity contribution in [3.63, 3.8) is 0 Å². The maximum atomic E-state index is 11.1. The molecule has 0 aliphatic carbocycles. The van der Waals surface area contributed by atoms with Crippen LogP contribution in [-0.2, 0) is 9.53 Å². The van der Waals surface area contributed by atoms with Gasteiger partial charge in [0.25, 0.3) is 0 Å². The van der Waals surface area contributed by atoms with Crippen molar-refractivity contribution < 1.29 is 9.53 Å². The van der Waals surface area contributed by atoms with Crippen molar-refractivity contribution in [2.24, 2.45) is 0 Å². The summed E-state index contributed by atoms with van der Waals surface area (Å²) in [5, 5.41) is 0.332. The molecule has 0 spiro atoms. The Morgan fingerprint density at radius 2 is 2.00 bits per heavy atom. The highest BCUT2D eigenvalue weighted by molar-refractivity contribution is 8.01. The van der Waals surface area contributed by atoms with E-state index in [1.54, 1.807) is 0 Å². The van der Waals surface area contributed by atoms with Crippen LogP contribution in [-0.4, -0.2) is 22.6 Å². The summed E-state index contributed by atoms with van der Waals surface area (Å²) in [6, 6.07) is 0. The second kappa shape index (κ2) is 5.53. The van der Waals surface area contributed by atoms with Crippen LogP contribution in [0, 0.1) is 0 Å². The van der Waals surface area contributed by atoms with E-state index in [9.17, 15) is 4.79 Å². The fourth-order valence-corrected chi connectivity index (χ4v) is 2.53. The van der Waals surface area contributed by atoms with Crippen LogP contribution in [0.4, 0.5) is 0 Å². The molecule has 0 N–H and O–H groups in total. The Hall–Kier alpha value is -0.180. The average Bonchev–Trinajstić information content (AvgIpc) is 1.81. The SMILES string of the molecule is CCOC(=O)CC(C)SC(C)(C)C. The molecule has 0 rings (SSSR count). The highest BCUT2D eigenvalue weighted by Gasteiger charge is 2.18. The summed E-state index contributed by atoms with van der Waals surface area (Å²) in [6.45, 7) is 10.8. The number of carbonyl (C=O) groups excluding carboxylic acids is 1. The number of hydrogen-bond donors (Lipinski definition) is 0. The Bertz CT molecular complexity index is 161. The number of rotatable bonds is 4. The third-order valence-electron chi connectivity index (χ3n) is 1.31. The van der Waals surface area contributed by atoms with Gasteiger partial charge in [-0.2, -0.15) is 11.8 Å². The molecule has 0 amide bonds. The molecule has 0 bridgehead atoms. The molecule has 0 saturated carbocycles. The van der Waals surface area contributed by atoms with E-state index in [1.165, 1.54) is 0 Å². The molecule has 0 aromatic heterocycles. The Morgan fingerprint density at radius 3 is 2.38 bits per heavy atom. The summed E-state index contributed by atoms with van der Waals surface area (Å²) < 4.78 is 5.09. The second-order valence-corrected chi connectivity index (χ2v) is 6.32. The number of ether oxygens (including phenoxy) is 1. The number of hydrogen-bond acceptors (Lipinski definition) is 3. The van der Waals surface area contributed by atoms with Gasteiger partial charge in [-0.25, -0.2) is 0 Å². The van der Waals surface area contributed by atoms with Crippen molar-refractivity contribution in [2.45, 2.75) is 51.0 Å². The topological polar surface area (TPSA) is 26.3 Å². The lowest BCUT2D eigenvalue weighted by Gasteiger charge is -2.22. The van der Waals surface area contributed by atoms with E-state index in [2.05, 4.69) is 27.7 Å². The summed E-state index contributed by atoms with van der Waals surface area (Å²) in [7, 11) is 0. The van der Waals surface area contributed by atoms with Crippen LogP contribution in [0.2, 0.25) is 0 Å². The quantitative estimate of drug-likeness (QED) is 0.659. The highest BCUT2D eigenvalue weighted by atomic mass is 32.2. The van der Waals surface area contributed by atoms with Gasteiger partial charge in [0.1, 0.15) is 0 Å². The smallest absolute Gasteiger partial charge is 0.306 e. The van der Waals surface area contributed by atoms with E-state index < -0.39 is 0 Å². The van der Waals surface area contributed by atoms with E-state index in [0.717, 1.165) is 0 Å². The van der Waals surface area contributed by atoms with Crippen LogP contribution in [0.3, 0.4) is 0 Å². The van der Waals surface area contributed by atoms with Crippen LogP contribution in [0.25, 0.3) is 0 Å². The number of carbonyl (C=O) groups is 1. The van der Waals surface area contributed by atoms with E-state index >= 15 is 0 Å². The third-order valence-corrected chi connectivity index (χ3v) is 2.59. The van der Waals surface area contributed by atoms with Gasteiger partial charge in [-0.05, 0) is 6.92 Å². The monoisotopic (exact) mass is 204 g/mol. The van der Waals surface area contributed by atoms with Gasteiger partial charge in [-0.15, -0.1) is 0 Å². The fourth-order valence-electron chi connectivity index (χ4n) is 1.10. The van der Waals surface area contributed by atoms with Gasteiger partial charge in [0.2, 0.25) is 0 Å². The molecule has 78 valence electrons. The van der Waals surface area contributed by atoms with E-state index in [0.29, 0.717) is 18.3 Å². The molecule has 13 heavy (non-hydrogen) atoms. The first kappa shape index (κ1) is 12.8. The molecule has 1 unspecified atom stereocenters. The molecule has 1 atom stereocenters. The molecule has 3 heteroatoms. The van der Waals surface area contributed by atoms with Crippen molar-refractivity contribution >= 4 is 17.7 Å². The summed E-state index contributed by atoms with van der Waals surface area (Å²) >= 11 is 1.81. The standard InChI is InChI=1S/C10H20O2S/c1-6-12-9(11)7-8(2)13-10(3,4)5/h8H,6-7H2,1-5H3. The minimum absolute atomic E-state index is 0.0910. The lowest BCUT2D eigenvalue weighted by Crippen LogP contribution is -2.17. The normalized spacial score (nSPS) is 13.9. The molecular formula is C10H20O2S. The van der Waals surface area contributed by atoms with Crippen LogP contribution >= 0.6 is 11.8 Å². The Kier molecular flexibility index (Phi) is 5.45. The molecule has 0 aliphatic rings. The first-order valence-electron chi connectivity index (χ1n) is 4.68. The summed E-state index contributed by atoms with van der Waals surface area (Å²) in [5.74, 6) is -0.0910. The summed E-state index contributed by atoms with van der Waals surface area (Å²) in [6.07, 6.45) is 0.510. The molecule has 0 heterocycles. The largest absolute Gasteiger partial charge is 0.466 e. The average molecular weight is 204 g/mol. The Morgan fingerprint density at radius 1 is 1.46 bits per heavy atom. The summed E-state index contributed by atoms with van der Waals surface area (Å²) in [5.41, 5.74) is 0. The Balaban J connectivity index is 3.74.